The summed E-state index contributed by atoms with van der Waals surface area (Å²) in [7, 11) is 0. The maximum Gasteiger partial charge on any atom is 0.123 e. The monoisotopic (exact) mass is 351 g/mol. The van der Waals surface area contributed by atoms with Crippen LogP contribution in [0.3, 0.4) is 0 Å². The third-order valence-corrected chi connectivity index (χ3v) is 5.43. The lowest BCUT2D eigenvalue weighted by Gasteiger charge is -2.37. The molecule has 0 saturated carbocycles. The van der Waals surface area contributed by atoms with E-state index in [9.17, 15) is 0 Å². The van der Waals surface area contributed by atoms with E-state index in [1.54, 1.807) is 11.3 Å². The summed E-state index contributed by atoms with van der Waals surface area (Å²) in [5, 5.41) is 3.31. The zero-order chi connectivity index (χ0) is 15.5. The Labute approximate surface area is 149 Å². The van der Waals surface area contributed by atoms with Crippen LogP contribution in [0.5, 0.6) is 0 Å². The summed E-state index contributed by atoms with van der Waals surface area (Å²) in [5.74, 6) is 0. The molecule has 0 radical (unpaired) electrons. The van der Waals surface area contributed by atoms with Gasteiger partial charge in [0.25, 0.3) is 0 Å². The molecule has 3 nitrogen and oxygen atoms in total. The molecule has 2 unspecified atom stereocenters. The van der Waals surface area contributed by atoms with E-state index < -0.39 is 0 Å². The van der Waals surface area contributed by atoms with Crippen LogP contribution in [0.15, 0.2) is 29.6 Å². The second kappa shape index (κ2) is 8.25. The molecule has 0 amide bonds. The van der Waals surface area contributed by atoms with Gasteiger partial charge in [-0.1, -0.05) is 36.2 Å². The number of nitrogens with two attached hydrogens (primary N) is 1. The van der Waals surface area contributed by atoms with Crippen molar-refractivity contribution >= 4 is 23.7 Å². The molecule has 23 heavy (non-hydrogen) atoms. The van der Waals surface area contributed by atoms with Crippen LogP contribution in [0.25, 0.3) is 10.6 Å². The summed E-state index contributed by atoms with van der Waals surface area (Å²) in [6.07, 6.45) is 3.79. The molecule has 1 aromatic carbocycles. The maximum atomic E-state index is 6.16. The minimum Gasteiger partial charge on any atom is -0.327 e. The molecule has 1 fully saturated rings. The minimum absolute atomic E-state index is 0. The van der Waals surface area contributed by atoms with E-state index >= 15 is 0 Å². The summed E-state index contributed by atoms with van der Waals surface area (Å²) in [4.78, 5) is 7.35. The Hall–Kier alpha value is -0.940. The number of piperidine rings is 1. The molecule has 0 bridgehead atoms. The highest BCUT2D eigenvalue weighted by molar-refractivity contribution is 7.13. The maximum absolute atomic E-state index is 6.16. The molecule has 1 aromatic heterocycles. The zero-order valence-electron chi connectivity index (χ0n) is 13.9. The predicted molar refractivity (Wildman–Crippen MR) is 101 cm³/mol. The SMILES string of the molecule is Cc1ccc(-c2nc(CN3CCCCC3C(C)N)cs2)cc1.Cl. The van der Waals surface area contributed by atoms with E-state index in [4.69, 9.17) is 10.7 Å². The number of likely N-dealkylation sites (tertiary alicyclic amines) is 1. The molecular formula is C18H26ClN3S. The molecule has 126 valence electrons. The Morgan fingerprint density at radius 2 is 2.04 bits per heavy atom. The molecule has 2 aromatic rings. The molecule has 2 heterocycles. The molecular weight excluding hydrogens is 326 g/mol. The summed E-state index contributed by atoms with van der Waals surface area (Å²) in [6.45, 7) is 6.31. The summed E-state index contributed by atoms with van der Waals surface area (Å²) >= 11 is 1.74. The van der Waals surface area contributed by atoms with Crippen molar-refractivity contribution in [2.75, 3.05) is 6.54 Å². The highest BCUT2D eigenvalue weighted by atomic mass is 35.5. The number of thiazole rings is 1. The minimum atomic E-state index is 0. The summed E-state index contributed by atoms with van der Waals surface area (Å²) < 4.78 is 0. The van der Waals surface area contributed by atoms with Crippen molar-refractivity contribution in [2.45, 2.75) is 51.7 Å². The Balaban J connectivity index is 0.00000192. The molecule has 5 heteroatoms. The Kier molecular flexibility index (Phi) is 6.60. The van der Waals surface area contributed by atoms with Gasteiger partial charge < -0.3 is 5.73 Å². The van der Waals surface area contributed by atoms with Crippen LogP contribution >= 0.6 is 23.7 Å². The Morgan fingerprint density at radius 3 is 2.74 bits per heavy atom. The largest absolute Gasteiger partial charge is 0.327 e. The van der Waals surface area contributed by atoms with Gasteiger partial charge >= 0.3 is 0 Å². The van der Waals surface area contributed by atoms with Gasteiger partial charge in [0.05, 0.1) is 5.69 Å². The van der Waals surface area contributed by atoms with Gasteiger partial charge in [-0.15, -0.1) is 23.7 Å². The quantitative estimate of drug-likeness (QED) is 0.895. The van der Waals surface area contributed by atoms with E-state index in [1.807, 2.05) is 0 Å². The van der Waals surface area contributed by atoms with Gasteiger partial charge in [-0.25, -0.2) is 4.98 Å². The smallest absolute Gasteiger partial charge is 0.123 e. The van der Waals surface area contributed by atoms with E-state index in [0.717, 1.165) is 18.1 Å². The highest BCUT2D eigenvalue weighted by Gasteiger charge is 2.25. The third kappa shape index (κ3) is 4.54. The fourth-order valence-electron chi connectivity index (χ4n) is 3.22. The topological polar surface area (TPSA) is 42.2 Å². The number of rotatable bonds is 4. The Bertz CT molecular complexity index is 609. The highest BCUT2D eigenvalue weighted by Crippen LogP contribution is 2.26. The number of benzene rings is 1. The van der Waals surface area contributed by atoms with Crippen molar-refractivity contribution < 1.29 is 0 Å². The van der Waals surface area contributed by atoms with Crippen molar-refractivity contribution in [3.05, 3.63) is 40.9 Å². The lowest BCUT2D eigenvalue weighted by molar-refractivity contribution is 0.122. The zero-order valence-corrected chi connectivity index (χ0v) is 15.5. The van der Waals surface area contributed by atoms with Crippen molar-refractivity contribution in [1.82, 2.24) is 9.88 Å². The predicted octanol–water partition coefficient (Wildman–Crippen LogP) is 4.24. The summed E-state index contributed by atoms with van der Waals surface area (Å²) in [5.41, 5.74) is 9.83. The van der Waals surface area contributed by atoms with Crippen LogP contribution in [0.1, 0.15) is 37.4 Å². The second-order valence-corrected chi connectivity index (χ2v) is 7.26. The number of hydrogen-bond donors (Lipinski definition) is 1. The first-order valence-electron chi connectivity index (χ1n) is 8.14. The van der Waals surface area contributed by atoms with Crippen molar-refractivity contribution in [3.8, 4) is 10.6 Å². The van der Waals surface area contributed by atoms with E-state index in [0.29, 0.717) is 6.04 Å². The molecule has 2 N–H and O–H groups in total. The van der Waals surface area contributed by atoms with Gasteiger partial charge in [-0.3, -0.25) is 4.90 Å². The fraction of sp³-hybridized carbons (Fsp3) is 0.500. The first-order chi connectivity index (χ1) is 10.6. The number of hydrogen-bond acceptors (Lipinski definition) is 4. The first kappa shape index (κ1) is 18.4. The van der Waals surface area contributed by atoms with Crippen molar-refractivity contribution in [2.24, 2.45) is 5.73 Å². The van der Waals surface area contributed by atoms with Crippen LogP contribution in [0.2, 0.25) is 0 Å². The standard InChI is InChI=1S/C18H25N3S.ClH/c1-13-6-8-15(9-7-13)18-20-16(12-22-18)11-21-10-4-3-5-17(21)14(2)19;/h6-9,12,14,17H,3-5,10-11,19H2,1-2H3;1H. The van der Waals surface area contributed by atoms with E-state index in [-0.39, 0.29) is 18.4 Å². The van der Waals surface area contributed by atoms with Crippen LogP contribution in [-0.4, -0.2) is 28.5 Å². The normalized spacial score (nSPS) is 20.0. The lowest BCUT2D eigenvalue weighted by atomic mass is 9.97. The van der Waals surface area contributed by atoms with Gasteiger partial charge in [-0.2, -0.15) is 0 Å². The molecule has 2 atom stereocenters. The molecule has 0 spiro atoms. The Morgan fingerprint density at radius 1 is 1.30 bits per heavy atom. The molecule has 1 aliphatic rings. The van der Waals surface area contributed by atoms with E-state index in [1.165, 1.54) is 36.1 Å². The molecule has 3 rings (SSSR count). The van der Waals surface area contributed by atoms with Gasteiger partial charge in [0.15, 0.2) is 0 Å². The lowest BCUT2D eigenvalue weighted by Crippen LogP contribution is -2.48. The van der Waals surface area contributed by atoms with Crippen LogP contribution < -0.4 is 5.73 Å². The summed E-state index contributed by atoms with van der Waals surface area (Å²) in [6, 6.07) is 9.34. The average Bonchev–Trinajstić information content (AvgIpc) is 2.97. The van der Waals surface area contributed by atoms with Crippen LogP contribution in [0, 0.1) is 6.92 Å². The molecule has 0 aliphatic carbocycles. The van der Waals surface area contributed by atoms with Gasteiger partial charge in [0, 0.05) is 29.6 Å². The van der Waals surface area contributed by atoms with Gasteiger partial charge in [0.1, 0.15) is 5.01 Å². The van der Waals surface area contributed by atoms with Crippen LogP contribution in [-0.2, 0) is 6.54 Å². The van der Waals surface area contributed by atoms with Crippen LogP contribution in [0.4, 0.5) is 0 Å². The number of nitrogens with zero attached hydrogens (tertiary/aromatic N) is 2. The number of aryl methyl sites for hydroxylation is 1. The van der Waals surface area contributed by atoms with E-state index in [2.05, 4.69) is 48.4 Å². The second-order valence-electron chi connectivity index (χ2n) is 6.40. The molecule has 1 aliphatic heterocycles. The molecule has 1 saturated heterocycles. The number of halogens is 1. The van der Waals surface area contributed by atoms with Gasteiger partial charge in [0.2, 0.25) is 0 Å². The number of aromatic nitrogens is 1. The average molecular weight is 352 g/mol. The third-order valence-electron chi connectivity index (χ3n) is 4.49. The van der Waals surface area contributed by atoms with Gasteiger partial charge in [-0.05, 0) is 33.2 Å². The van der Waals surface area contributed by atoms with Crippen molar-refractivity contribution in [3.63, 3.8) is 0 Å². The fourth-order valence-corrected chi connectivity index (χ4v) is 4.04. The first-order valence-corrected chi connectivity index (χ1v) is 9.02. The van der Waals surface area contributed by atoms with Crippen molar-refractivity contribution in [1.29, 1.82) is 0 Å².